The Hall–Kier alpha value is -3.46. The van der Waals surface area contributed by atoms with Gasteiger partial charge < -0.3 is 19.7 Å². The van der Waals surface area contributed by atoms with Gasteiger partial charge in [0.25, 0.3) is 17.5 Å². The molecule has 1 N–H and O–H groups in total. The number of amides is 2. The molecule has 0 aromatic heterocycles. The average Bonchev–Trinajstić information content (AvgIpc) is 2.73. The number of rotatable bonds is 6. The minimum absolute atomic E-state index is 0.0547. The van der Waals surface area contributed by atoms with Gasteiger partial charge in [-0.3, -0.25) is 19.7 Å². The van der Waals surface area contributed by atoms with Crippen molar-refractivity contribution >= 4 is 23.2 Å². The van der Waals surface area contributed by atoms with Gasteiger partial charge in [-0.1, -0.05) is 0 Å². The zero-order chi connectivity index (χ0) is 19.9. The first-order valence-corrected chi connectivity index (χ1v) is 8.67. The summed E-state index contributed by atoms with van der Waals surface area (Å²) in [5.74, 6) is -0.00883. The first-order chi connectivity index (χ1) is 13.5. The number of anilines is 1. The van der Waals surface area contributed by atoms with Crippen LogP contribution in [0.4, 0.5) is 11.4 Å². The Morgan fingerprint density at radius 2 is 1.71 bits per heavy atom. The summed E-state index contributed by atoms with van der Waals surface area (Å²) in [6.45, 7) is 1.99. The molecule has 28 heavy (non-hydrogen) atoms. The number of nitrogens with zero attached hydrogens (tertiary/aromatic N) is 2. The quantitative estimate of drug-likeness (QED) is 0.602. The van der Waals surface area contributed by atoms with Gasteiger partial charge in [0.05, 0.1) is 18.1 Å². The van der Waals surface area contributed by atoms with Crippen LogP contribution in [-0.2, 0) is 9.53 Å². The van der Waals surface area contributed by atoms with E-state index >= 15 is 0 Å². The van der Waals surface area contributed by atoms with Crippen LogP contribution in [0.3, 0.4) is 0 Å². The fourth-order valence-electron chi connectivity index (χ4n) is 2.66. The van der Waals surface area contributed by atoms with Crippen LogP contribution in [0, 0.1) is 10.1 Å². The first-order valence-electron chi connectivity index (χ1n) is 8.67. The van der Waals surface area contributed by atoms with E-state index in [1.807, 2.05) is 0 Å². The number of carbonyl (C=O) groups is 2. The summed E-state index contributed by atoms with van der Waals surface area (Å²) in [7, 11) is 0. The third kappa shape index (κ3) is 5.04. The van der Waals surface area contributed by atoms with Crippen molar-refractivity contribution in [1.82, 2.24) is 4.90 Å². The lowest BCUT2D eigenvalue weighted by Gasteiger charge is -2.26. The van der Waals surface area contributed by atoms with Gasteiger partial charge in [-0.2, -0.15) is 0 Å². The van der Waals surface area contributed by atoms with Crippen LogP contribution in [0.15, 0.2) is 48.5 Å². The SMILES string of the molecule is O=C(COc1ccc(C(=O)N2CCOCC2)cc1)Nc1ccc([N+](=O)[O-])cc1. The third-order valence-corrected chi connectivity index (χ3v) is 4.13. The van der Waals surface area contributed by atoms with E-state index in [-0.39, 0.29) is 18.2 Å². The molecule has 0 atom stereocenters. The highest BCUT2D eigenvalue weighted by molar-refractivity contribution is 5.94. The predicted molar refractivity (Wildman–Crippen MR) is 100 cm³/mol. The number of hydrogen-bond acceptors (Lipinski definition) is 6. The first kappa shape index (κ1) is 19.3. The van der Waals surface area contributed by atoms with E-state index in [1.165, 1.54) is 24.3 Å². The Kier molecular flexibility index (Phi) is 6.18. The van der Waals surface area contributed by atoms with E-state index in [9.17, 15) is 19.7 Å². The molecule has 0 saturated carbocycles. The minimum atomic E-state index is -0.512. The number of morpholine rings is 1. The summed E-state index contributed by atoms with van der Waals surface area (Å²) >= 11 is 0. The van der Waals surface area contributed by atoms with Gasteiger partial charge in [-0.25, -0.2) is 0 Å². The molecule has 1 saturated heterocycles. The molecule has 0 unspecified atom stereocenters. The Morgan fingerprint density at radius 3 is 2.32 bits per heavy atom. The van der Waals surface area contributed by atoms with Crippen LogP contribution in [-0.4, -0.2) is 54.5 Å². The van der Waals surface area contributed by atoms with Gasteiger partial charge in [0.1, 0.15) is 5.75 Å². The molecule has 2 aromatic rings. The number of nitro groups is 1. The summed E-state index contributed by atoms with van der Waals surface area (Å²) in [5.41, 5.74) is 0.927. The largest absolute Gasteiger partial charge is 0.484 e. The third-order valence-electron chi connectivity index (χ3n) is 4.13. The number of hydrogen-bond donors (Lipinski definition) is 1. The molecule has 0 bridgehead atoms. The number of nitrogens with one attached hydrogen (secondary N) is 1. The zero-order valence-corrected chi connectivity index (χ0v) is 15.0. The summed E-state index contributed by atoms with van der Waals surface area (Å²) in [4.78, 5) is 36.2. The van der Waals surface area contributed by atoms with Gasteiger partial charge >= 0.3 is 0 Å². The van der Waals surface area contributed by atoms with Gasteiger partial charge in [0.2, 0.25) is 0 Å². The smallest absolute Gasteiger partial charge is 0.269 e. The monoisotopic (exact) mass is 385 g/mol. The van der Waals surface area contributed by atoms with Crippen LogP contribution < -0.4 is 10.1 Å². The predicted octanol–water partition coefficient (Wildman–Crippen LogP) is 2.08. The lowest BCUT2D eigenvalue weighted by atomic mass is 10.2. The molecule has 3 rings (SSSR count). The highest BCUT2D eigenvalue weighted by Gasteiger charge is 2.18. The number of nitro benzene ring substituents is 1. The van der Waals surface area contributed by atoms with E-state index in [0.29, 0.717) is 43.3 Å². The highest BCUT2D eigenvalue weighted by atomic mass is 16.6. The summed E-state index contributed by atoms with van der Waals surface area (Å²) < 4.78 is 10.7. The maximum atomic E-state index is 12.4. The molecule has 2 amide bonds. The van der Waals surface area contributed by atoms with Crippen LogP contribution in [0.2, 0.25) is 0 Å². The number of non-ortho nitro benzene ring substituents is 1. The van der Waals surface area contributed by atoms with Crippen LogP contribution in [0.25, 0.3) is 0 Å². The Bertz CT molecular complexity index is 845. The van der Waals surface area contributed by atoms with E-state index < -0.39 is 10.8 Å². The summed E-state index contributed by atoms with van der Waals surface area (Å²) in [5, 5.41) is 13.2. The lowest BCUT2D eigenvalue weighted by molar-refractivity contribution is -0.384. The van der Waals surface area contributed by atoms with Gasteiger partial charge in [0, 0.05) is 36.5 Å². The standard InChI is InChI=1S/C19H19N3O6/c23-18(20-15-3-5-16(6-4-15)22(25)26)13-28-17-7-1-14(2-8-17)19(24)21-9-11-27-12-10-21/h1-8H,9-13H2,(H,20,23). The average molecular weight is 385 g/mol. The van der Waals surface area contributed by atoms with Gasteiger partial charge in [-0.15, -0.1) is 0 Å². The molecule has 2 aromatic carbocycles. The lowest BCUT2D eigenvalue weighted by Crippen LogP contribution is -2.40. The molecule has 1 heterocycles. The van der Waals surface area contributed by atoms with Crippen molar-refractivity contribution in [2.45, 2.75) is 0 Å². The summed E-state index contributed by atoms with van der Waals surface area (Å²) in [6.07, 6.45) is 0. The Balaban J connectivity index is 1.49. The van der Waals surface area contributed by atoms with E-state index in [4.69, 9.17) is 9.47 Å². The molecule has 1 aliphatic heterocycles. The molecular formula is C19H19N3O6. The molecule has 1 fully saturated rings. The number of benzene rings is 2. The highest BCUT2D eigenvalue weighted by Crippen LogP contribution is 2.16. The summed E-state index contributed by atoms with van der Waals surface area (Å²) in [6, 6.07) is 12.1. The zero-order valence-electron chi connectivity index (χ0n) is 15.0. The van der Waals surface area contributed by atoms with Crippen molar-refractivity contribution in [3.8, 4) is 5.75 Å². The van der Waals surface area contributed by atoms with Crippen LogP contribution in [0.5, 0.6) is 5.75 Å². The molecule has 0 aliphatic carbocycles. The van der Waals surface area contributed by atoms with E-state index in [0.717, 1.165) is 0 Å². The second kappa shape index (κ2) is 8.96. The van der Waals surface area contributed by atoms with Crippen LogP contribution in [0.1, 0.15) is 10.4 Å². The topological polar surface area (TPSA) is 111 Å². The van der Waals surface area contributed by atoms with Gasteiger partial charge in [-0.05, 0) is 36.4 Å². The molecule has 1 aliphatic rings. The van der Waals surface area contributed by atoms with Crippen molar-refractivity contribution in [3.05, 3.63) is 64.2 Å². The normalized spacial score (nSPS) is 13.6. The second-order valence-electron chi connectivity index (χ2n) is 6.07. The van der Waals surface area contributed by atoms with Crippen molar-refractivity contribution in [2.24, 2.45) is 0 Å². The number of ether oxygens (including phenoxy) is 2. The molecule has 9 nitrogen and oxygen atoms in total. The van der Waals surface area contributed by atoms with Crippen molar-refractivity contribution < 1.29 is 24.0 Å². The minimum Gasteiger partial charge on any atom is -0.484 e. The fraction of sp³-hybridized carbons (Fsp3) is 0.263. The fourth-order valence-corrected chi connectivity index (χ4v) is 2.66. The van der Waals surface area contributed by atoms with Gasteiger partial charge in [0.15, 0.2) is 6.61 Å². The van der Waals surface area contributed by atoms with Crippen LogP contribution >= 0.6 is 0 Å². The Labute approximate surface area is 161 Å². The second-order valence-corrected chi connectivity index (χ2v) is 6.07. The molecule has 9 heteroatoms. The molecule has 0 spiro atoms. The van der Waals surface area contributed by atoms with Crippen molar-refractivity contribution in [2.75, 3.05) is 38.2 Å². The maximum Gasteiger partial charge on any atom is 0.269 e. The molecule has 0 radical (unpaired) electrons. The maximum absolute atomic E-state index is 12.4. The van der Waals surface area contributed by atoms with Crippen molar-refractivity contribution in [3.63, 3.8) is 0 Å². The van der Waals surface area contributed by atoms with E-state index in [2.05, 4.69) is 5.32 Å². The van der Waals surface area contributed by atoms with Crippen molar-refractivity contribution in [1.29, 1.82) is 0 Å². The van der Waals surface area contributed by atoms with E-state index in [1.54, 1.807) is 29.2 Å². The molecular weight excluding hydrogens is 366 g/mol. The Morgan fingerprint density at radius 1 is 1.07 bits per heavy atom. The molecule has 146 valence electrons. The number of carbonyl (C=O) groups excluding carboxylic acids is 2.